The Labute approximate surface area is 219 Å². The van der Waals surface area contributed by atoms with E-state index in [0.29, 0.717) is 12.3 Å². The molecule has 9 nitrogen and oxygen atoms in total. The number of hydrogen-bond donors (Lipinski definition) is 2. The number of carboxylic acid groups (broad SMARTS) is 2. The number of piperidine rings is 1. The van der Waals surface area contributed by atoms with Gasteiger partial charge in [-0.1, -0.05) is 0 Å². The number of nitrogens with zero attached hydrogens (tertiary/aromatic N) is 4. The van der Waals surface area contributed by atoms with Crippen LogP contribution in [0.4, 0.5) is 26.3 Å². The molecule has 216 valence electrons. The van der Waals surface area contributed by atoms with Gasteiger partial charge >= 0.3 is 24.3 Å². The Morgan fingerprint density at radius 3 is 1.87 bits per heavy atom. The lowest BCUT2D eigenvalue weighted by molar-refractivity contribution is -0.193. The van der Waals surface area contributed by atoms with Gasteiger partial charge in [-0.3, -0.25) is 14.7 Å². The number of aromatic nitrogens is 2. The summed E-state index contributed by atoms with van der Waals surface area (Å²) in [6, 6.07) is 8.33. The maximum atomic E-state index is 12.5. The first kappa shape index (κ1) is 31.6. The van der Waals surface area contributed by atoms with Gasteiger partial charge in [-0.15, -0.1) is 0 Å². The van der Waals surface area contributed by atoms with Crippen LogP contribution in [0.1, 0.15) is 36.9 Å². The molecule has 1 spiro atoms. The number of pyridine rings is 1. The van der Waals surface area contributed by atoms with Crippen molar-refractivity contribution in [2.75, 3.05) is 13.1 Å². The lowest BCUT2D eigenvalue weighted by atomic mass is 9.84. The molecule has 0 aromatic carbocycles. The molecule has 0 atom stereocenters. The van der Waals surface area contributed by atoms with Crippen molar-refractivity contribution >= 4 is 17.8 Å². The normalized spacial score (nSPS) is 17.2. The average Bonchev–Trinajstić information content (AvgIpc) is 3.39. The highest BCUT2D eigenvalue weighted by Crippen LogP contribution is 2.40. The van der Waals surface area contributed by atoms with E-state index in [4.69, 9.17) is 19.8 Å². The summed E-state index contributed by atoms with van der Waals surface area (Å²) < 4.78 is 65.7. The van der Waals surface area contributed by atoms with Gasteiger partial charge in [-0.05, 0) is 49.1 Å². The average molecular weight is 566 g/mol. The third-order valence-corrected chi connectivity index (χ3v) is 6.48. The standard InChI is InChI=1S/C20H26N4O.2C2HF3O2/c1-22-12-2-3-18(22)16-23-13-8-20(9-14-23)7-4-19(25)24(20)15-17-5-10-21-11-6-17;2*3-2(4,5)1(6)7/h2-3,5-6,10-12H,4,7-9,13-16H2,1H3;2*(H,6,7). The number of halogens is 6. The first-order valence-corrected chi connectivity index (χ1v) is 11.7. The third kappa shape index (κ3) is 9.26. The fraction of sp³-hybridized carbons (Fsp3) is 0.500. The van der Waals surface area contributed by atoms with Crippen LogP contribution in [0.5, 0.6) is 0 Å². The summed E-state index contributed by atoms with van der Waals surface area (Å²) in [5.74, 6) is -5.20. The maximum Gasteiger partial charge on any atom is 0.490 e. The van der Waals surface area contributed by atoms with Gasteiger partial charge in [-0.2, -0.15) is 26.3 Å². The minimum absolute atomic E-state index is 0.0606. The van der Waals surface area contributed by atoms with Crippen molar-refractivity contribution in [2.24, 2.45) is 7.05 Å². The lowest BCUT2D eigenvalue weighted by Crippen LogP contribution is -2.52. The number of likely N-dealkylation sites (tertiary alicyclic amines) is 2. The van der Waals surface area contributed by atoms with Crippen LogP contribution in [-0.4, -0.2) is 78.4 Å². The molecular formula is C24H28F6N4O5. The van der Waals surface area contributed by atoms with Gasteiger partial charge in [-0.25, -0.2) is 9.59 Å². The topological polar surface area (TPSA) is 116 Å². The molecule has 0 saturated carbocycles. The van der Waals surface area contributed by atoms with Crippen molar-refractivity contribution in [1.82, 2.24) is 19.4 Å². The fourth-order valence-corrected chi connectivity index (χ4v) is 4.34. The van der Waals surface area contributed by atoms with Gasteiger partial charge in [0.05, 0.1) is 0 Å². The van der Waals surface area contributed by atoms with E-state index in [0.717, 1.165) is 45.4 Å². The van der Waals surface area contributed by atoms with Crippen LogP contribution in [0.25, 0.3) is 0 Å². The molecule has 0 bridgehead atoms. The van der Waals surface area contributed by atoms with E-state index >= 15 is 0 Å². The van der Waals surface area contributed by atoms with Crippen LogP contribution in [0.3, 0.4) is 0 Å². The van der Waals surface area contributed by atoms with E-state index in [1.165, 1.54) is 11.3 Å². The second kappa shape index (κ2) is 13.0. The summed E-state index contributed by atoms with van der Waals surface area (Å²) in [6.07, 6.45) is -0.580. The molecule has 2 N–H and O–H groups in total. The van der Waals surface area contributed by atoms with E-state index in [2.05, 4.69) is 44.7 Å². The molecule has 2 aliphatic rings. The smallest absolute Gasteiger partial charge is 0.475 e. The summed E-state index contributed by atoms with van der Waals surface area (Å²) >= 11 is 0. The van der Waals surface area contributed by atoms with Crippen molar-refractivity contribution in [3.05, 3.63) is 54.1 Å². The van der Waals surface area contributed by atoms with Crippen molar-refractivity contribution < 1.29 is 50.9 Å². The third-order valence-electron chi connectivity index (χ3n) is 6.48. The Hall–Kier alpha value is -3.62. The van der Waals surface area contributed by atoms with Crippen LogP contribution < -0.4 is 0 Å². The summed E-state index contributed by atoms with van der Waals surface area (Å²) in [7, 11) is 2.10. The summed E-state index contributed by atoms with van der Waals surface area (Å²) in [5, 5.41) is 14.2. The van der Waals surface area contributed by atoms with Crippen LogP contribution in [0.2, 0.25) is 0 Å². The Balaban J connectivity index is 0.000000317. The molecule has 39 heavy (non-hydrogen) atoms. The van der Waals surface area contributed by atoms with Crippen LogP contribution in [0, 0.1) is 0 Å². The Kier molecular flexibility index (Phi) is 10.5. The Bertz CT molecular complexity index is 1090. The zero-order chi connectivity index (χ0) is 29.4. The SMILES string of the molecule is Cn1cccc1CN1CCC2(CCC(=O)N2Cc2ccncc2)CC1.O=C(O)C(F)(F)F.O=C(O)C(F)(F)F. The van der Waals surface area contributed by atoms with Crippen LogP contribution in [-0.2, 0) is 34.5 Å². The number of carbonyl (C=O) groups excluding carboxylic acids is 1. The quantitative estimate of drug-likeness (QED) is 0.541. The van der Waals surface area contributed by atoms with Crippen molar-refractivity contribution in [2.45, 2.75) is 56.7 Å². The minimum atomic E-state index is -5.08. The highest BCUT2D eigenvalue weighted by molar-refractivity contribution is 5.79. The van der Waals surface area contributed by atoms with Gasteiger partial charge in [0.2, 0.25) is 5.91 Å². The predicted octanol–water partition coefficient (Wildman–Crippen LogP) is 3.84. The van der Waals surface area contributed by atoms with E-state index in [1.807, 2.05) is 24.5 Å². The second-order valence-corrected chi connectivity index (χ2v) is 9.05. The minimum Gasteiger partial charge on any atom is -0.475 e. The molecule has 15 heteroatoms. The van der Waals surface area contributed by atoms with Crippen LogP contribution in [0.15, 0.2) is 42.9 Å². The zero-order valence-corrected chi connectivity index (χ0v) is 20.9. The highest BCUT2D eigenvalue weighted by Gasteiger charge is 2.46. The number of carbonyl (C=O) groups is 3. The maximum absolute atomic E-state index is 12.5. The van der Waals surface area contributed by atoms with E-state index in [-0.39, 0.29) is 5.54 Å². The fourth-order valence-electron chi connectivity index (χ4n) is 4.34. The van der Waals surface area contributed by atoms with Crippen molar-refractivity contribution in [1.29, 1.82) is 0 Å². The summed E-state index contributed by atoms with van der Waals surface area (Å²) in [5.41, 5.74) is 2.59. The van der Waals surface area contributed by atoms with Crippen LogP contribution >= 0.6 is 0 Å². The first-order valence-electron chi connectivity index (χ1n) is 11.7. The van der Waals surface area contributed by atoms with Gasteiger partial charge in [0.1, 0.15) is 0 Å². The molecule has 4 heterocycles. The number of aryl methyl sites for hydroxylation is 1. The Morgan fingerprint density at radius 1 is 0.923 bits per heavy atom. The molecule has 1 amide bonds. The van der Waals surface area contributed by atoms with Gasteiger partial charge in [0, 0.05) is 69.5 Å². The molecule has 2 saturated heterocycles. The monoisotopic (exact) mass is 566 g/mol. The number of hydrogen-bond acceptors (Lipinski definition) is 5. The predicted molar refractivity (Wildman–Crippen MR) is 124 cm³/mol. The molecular weight excluding hydrogens is 538 g/mol. The molecule has 0 radical (unpaired) electrons. The lowest BCUT2D eigenvalue weighted by Gasteiger charge is -2.45. The van der Waals surface area contributed by atoms with Crippen molar-refractivity contribution in [3.63, 3.8) is 0 Å². The number of carboxylic acids is 2. The largest absolute Gasteiger partial charge is 0.490 e. The second-order valence-electron chi connectivity index (χ2n) is 9.05. The summed E-state index contributed by atoms with van der Waals surface area (Å²) in [4.78, 5) is 39.1. The molecule has 2 aromatic heterocycles. The number of rotatable bonds is 4. The molecule has 0 unspecified atom stereocenters. The van der Waals surface area contributed by atoms with Crippen molar-refractivity contribution in [3.8, 4) is 0 Å². The first-order chi connectivity index (χ1) is 18.0. The molecule has 2 aliphatic heterocycles. The van der Waals surface area contributed by atoms with E-state index < -0.39 is 24.3 Å². The van der Waals surface area contributed by atoms with E-state index in [1.54, 1.807) is 0 Å². The molecule has 2 fully saturated rings. The number of amides is 1. The molecule has 4 rings (SSSR count). The Morgan fingerprint density at radius 2 is 1.44 bits per heavy atom. The summed E-state index contributed by atoms with van der Waals surface area (Å²) in [6.45, 7) is 3.84. The molecule has 2 aromatic rings. The number of alkyl halides is 6. The zero-order valence-electron chi connectivity index (χ0n) is 20.9. The van der Waals surface area contributed by atoms with Gasteiger partial charge in [0.15, 0.2) is 0 Å². The highest BCUT2D eigenvalue weighted by atomic mass is 19.4. The number of aliphatic carboxylic acids is 2. The molecule has 0 aliphatic carbocycles. The van der Waals surface area contributed by atoms with E-state index in [9.17, 15) is 31.1 Å². The van der Waals surface area contributed by atoms with Gasteiger partial charge < -0.3 is 19.7 Å². The van der Waals surface area contributed by atoms with Gasteiger partial charge in [0.25, 0.3) is 0 Å².